The normalized spacial score (nSPS) is 23.8. The van der Waals surface area contributed by atoms with Gasteiger partial charge in [0, 0.05) is 10.0 Å². The predicted octanol–water partition coefficient (Wildman–Crippen LogP) is 3.86. The van der Waals surface area contributed by atoms with Crippen LogP contribution in [0.1, 0.15) is 29.7 Å². The molecule has 1 aliphatic heterocycles. The molecule has 106 valence electrons. The summed E-state index contributed by atoms with van der Waals surface area (Å²) < 4.78 is 30.6. The van der Waals surface area contributed by atoms with Crippen molar-refractivity contribution in [3.8, 4) is 5.75 Å². The molecule has 0 radical (unpaired) electrons. The lowest BCUT2D eigenvalue weighted by Gasteiger charge is -2.27. The van der Waals surface area contributed by atoms with E-state index in [9.17, 15) is 8.42 Å². The topological polar surface area (TPSA) is 43.4 Å². The number of hydrogen-bond donors (Lipinski definition) is 0. The van der Waals surface area contributed by atoms with Crippen LogP contribution in [0, 0.1) is 0 Å². The van der Waals surface area contributed by atoms with Crippen molar-refractivity contribution in [2.24, 2.45) is 0 Å². The largest absolute Gasteiger partial charge is 0.496 e. The molecular weight excluding hydrogens is 396 g/mol. The molecule has 0 spiro atoms. The van der Waals surface area contributed by atoms with Crippen LogP contribution in [0.3, 0.4) is 0 Å². The van der Waals surface area contributed by atoms with Gasteiger partial charge in [-0.25, -0.2) is 8.42 Å². The van der Waals surface area contributed by atoms with Crippen LogP contribution in [0.25, 0.3) is 0 Å². The van der Waals surface area contributed by atoms with Crippen molar-refractivity contribution in [3.05, 3.63) is 28.2 Å². The van der Waals surface area contributed by atoms with Crippen LogP contribution in [0.5, 0.6) is 5.75 Å². The second-order valence-electron chi connectivity index (χ2n) is 4.69. The fraction of sp³-hybridized carbons (Fsp3) is 0.538. The number of sulfone groups is 1. The summed E-state index contributed by atoms with van der Waals surface area (Å²) >= 11 is 6.99. The Bertz CT molecular complexity index is 557. The summed E-state index contributed by atoms with van der Waals surface area (Å²) in [5, 5.41) is -0.371. The lowest BCUT2D eigenvalue weighted by molar-refractivity contribution is 0.408. The molecular formula is C13H16Br2O3S. The van der Waals surface area contributed by atoms with Gasteiger partial charge in [-0.05, 0) is 31.0 Å². The zero-order valence-electron chi connectivity index (χ0n) is 10.6. The van der Waals surface area contributed by atoms with E-state index in [-0.39, 0.29) is 15.8 Å². The van der Waals surface area contributed by atoms with E-state index in [1.165, 1.54) is 0 Å². The number of benzene rings is 1. The molecule has 19 heavy (non-hydrogen) atoms. The zero-order valence-corrected chi connectivity index (χ0v) is 14.6. The molecule has 0 N–H and O–H groups in total. The third kappa shape index (κ3) is 3.34. The molecule has 1 saturated heterocycles. The van der Waals surface area contributed by atoms with Gasteiger partial charge in [0.1, 0.15) is 5.75 Å². The van der Waals surface area contributed by atoms with Crippen molar-refractivity contribution in [1.29, 1.82) is 0 Å². The molecule has 2 unspecified atom stereocenters. The van der Waals surface area contributed by atoms with E-state index in [0.717, 1.165) is 22.9 Å². The van der Waals surface area contributed by atoms with Crippen LogP contribution >= 0.6 is 31.9 Å². The fourth-order valence-electron chi connectivity index (χ4n) is 2.43. The second-order valence-corrected chi connectivity index (χ2v) is 8.93. The Labute approximate surface area is 130 Å². The van der Waals surface area contributed by atoms with Crippen molar-refractivity contribution in [1.82, 2.24) is 0 Å². The van der Waals surface area contributed by atoms with Crippen molar-refractivity contribution in [2.45, 2.75) is 29.3 Å². The van der Waals surface area contributed by atoms with Crippen LogP contribution in [0.15, 0.2) is 22.7 Å². The standard InChI is InChI=1S/C13H16Br2O3S/c1-18-11-6-5-9(14)8-10(11)13(15)12-4-2-3-7-19(12,16)17/h5-6,8,12-13H,2-4,7H2,1H3. The quantitative estimate of drug-likeness (QED) is 0.709. The maximum atomic E-state index is 12.2. The fourth-order valence-corrected chi connectivity index (χ4v) is 6.36. The molecule has 1 aliphatic rings. The van der Waals surface area contributed by atoms with E-state index in [1.807, 2.05) is 18.2 Å². The van der Waals surface area contributed by atoms with Gasteiger partial charge < -0.3 is 4.74 Å². The zero-order chi connectivity index (χ0) is 14.0. The van der Waals surface area contributed by atoms with Crippen LogP contribution in [0.4, 0.5) is 0 Å². The number of ether oxygens (including phenoxy) is 1. The monoisotopic (exact) mass is 410 g/mol. The summed E-state index contributed by atoms with van der Waals surface area (Å²) in [6.45, 7) is 0. The Kier molecular flexibility index (Phi) is 4.95. The number of methoxy groups -OCH3 is 1. The smallest absolute Gasteiger partial charge is 0.154 e. The third-order valence-corrected chi connectivity index (χ3v) is 7.71. The molecule has 0 aliphatic carbocycles. The summed E-state index contributed by atoms with van der Waals surface area (Å²) in [5.74, 6) is 1.00. The first-order chi connectivity index (χ1) is 8.95. The summed E-state index contributed by atoms with van der Waals surface area (Å²) in [6, 6.07) is 5.66. The summed E-state index contributed by atoms with van der Waals surface area (Å²) in [7, 11) is -1.43. The van der Waals surface area contributed by atoms with Crippen LogP contribution in [0.2, 0.25) is 0 Å². The van der Waals surface area contributed by atoms with Gasteiger partial charge in [-0.2, -0.15) is 0 Å². The summed E-state index contributed by atoms with van der Waals surface area (Å²) in [4.78, 5) is -0.231. The van der Waals surface area contributed by atoms with E-state index in [4.69, 9.17) is 4.74 Å². The highest BCUT2D eigenvalue weighted by atomic mass is 79.9. The molecule has 2 atom stereocenters. The minimum absolute atomic E-state index is 0.231. The number of rotatable bonds is 3. The Balaban J connectivity index is 2.38. The summed E-state index contributed by atoms with van der Waals surface area (Å²) in [5.41, 5.74) is 0.882. The molecule has 6 heteroatoms. The molecule has 0 saturated carbocycles. The summed E-state index contributed by atoms with van der Waals surface area (Å²) in [6.07, 6.45) is 2.43. The first kappa shape index (κ1) is 15.3. The van der Waals surface area contributed by atoms with E-state index < -0.39 is 9.84 Å². The van der Waals surface area contributed by atoms with Crippen LogP contribution in [-0.4, -0.2) is 26.5 Å². The molecule has 0 aromatic heterocycles. The first-order valence-corrected chi connectivity index (χ1v) is 9.57. The van der Waals surface area contributed by atoms with E-state index >= 15 is 0 Å². The molecule has 0 amide bonds. The van der Waals surface area contributed by atoms with E-state index in [0.29, 0.717) is 12.2 Å². The van der Waals surface area contributed by atoms with Crippen molar-refractivity contribution >= 4 is 41.7 Å². The minimum Gasteiger partial charge on any atom is -0.496 e. The van der Waals surface area contributed by atoms with Gasteiger partial charge >= 0.3 is 0 Å². The van der Waals surface area contributed by atoms with Gasteiger partial charge in [-0.1, -0.05) is 38.3 Å². The second kappa shape index (κ2) is 6.14. The maximum Gasteiger partial charge on any atom is 0.154 e. The maximum absolute atomic E-state index is 12.2. The third-order valence-electron chi connectivity index (χ3n) is 3.44. The minimum atomic E-state index is -3.03. The lowest BCUT2D eigenvalue weighted by atomic mass is 10.0. The molecule has 3 nitrogen and oxygen atoms in total. The van der Waals surface area contributed by atoms with Gasteiger partial charge in [-0.15, -0.1) is 0 Å². The number of halogens is 2. The highest BCUT2D eigenvalue weighted by Crippen LogP contribution is 2.41. The average Bonchev–Trinajstić information content (AvgIpc) is 2.37. The Hall–Kier alpha value is -0.0700. The Morgan fingerprint density at radius 3 is 2.74 bits per heavy atom. The van der Waals surface area contributed by atoms with E-state index in [2.05, 4.69) is 31.9 Å². The van der Waals surface area contributed by atoms with Gasteiger partial charge in [0.05, 0.1) is 22.9 Å². The Morgan fingerprint density at radius 2 is 2.11 bits per heavy atom. The molecule has 1 aromatic rings. The molecule has 1 aromatic carbocycles. The number of alkyl halides is 1. The van der Waals surface area contributed by atoms with Crippen molar-refractivity contribution in [3.63, 3.8) is 0 Å². The van der Waals surface area contributed by atoms with Gasteiger partial charge in [0.25, 0.3) is 0 Å². The van der Waals surface area contributed by atoms with Crippen LogP contribution in [-0.2, 0) is 9.84 Å². The predicted molar refractivity (Wildman–Crippen MR) is 83.8 cm³/mol. The van der Waals surface area contributed by atoms with Gasteiger partial charge in [0.2, 0.25) is 0 Å². The van der Waals surface area contributed by atoms with Crippen molar-refractivity contribution in [2.75, 3.05) is 12.9 Å². The van der Waals surface area contributed by atoms with Gasteiger partial charge in [0.15, 0.2) is 9.84 Å². The number of hydrogen-bond acceptors (Lipinski definition) is 3. The highest BCUT2D eigenvalue weighted by Gasteiger charge is 2.36. The average molecular weight is 412 g/mol. The van der Waals surface area contributed by atoms with Crippen LogP contribution < -0.4 is 4.74 Å². The SMILES string of the molecule is COc1ccc(Br)cc1C(Br)C1CCCCS1(=O)=O. The highest BCUT2D eigenvalue weighted by molar-refractivity contribution is 9.10. The Morgan fingerprint density at radius 1 is 1.37 bits per heavy atom. The van der Waals surface area contributed by atoms with E-state index in [1.54, 1.807) is 7.11 Å². The first-order valence-electron chi connectivity index (χ1n) is 6.15. The van der Waals surface area contributed by atoms with Gasteiger partial charge in [-0.3, -0.25) is 0 Å². The molecule has 1 fully saturated rings. The molecule has 2 rings (SSSR count). The molecule has 0 bridgehead atoms. The lowest BCUT2D eigenvalue weighted by Crippen LogP contribution is -2.31. The molecule has 1 heterocycles. The van der Waals surface area contributed by atoms with Crippen molar-refractivity contribution < 1.29 is 13.2 Å².